The van der Waals surface area contributed by atoms with Crippen LogP contribution in [-0.4, -0.2) is 102 Å². The molecule has 0 aromatic carbocycles. The Morgan fingerprint density at radius 1 is 0.974 bits per heavy atom. The van der Waals surface area contributed by atoms with Crippen LogP contribution in [0.2, 0.25) is 0 Å². The van der Waals surface area contributed by atoms with Crippen molar-refractivity contribution in [3.8, 4) is 0 Å². The van der Waals surface area contributed by atoms with E-state index in [2.05, 4.69) is 15.9 Å². The summed E-state index contributed by atoms with van der Waals surface area (Å²) in [5.74, 6) is -3.44. The minimum Gasteiger partial charge on any atom is -0.475 e. The molecule has 0 amide bonds. The van der Waals surface area contributed by atoms with E-state index in [4.69, 9.17) is 33.7 Å². The number of ether oxygens (including phenoxy) is 2. The van der Waals surface area contributed by atoms with Crippen LogP contribution in [0.3, 0.4) is 0 Å². The molecule has 3 saturated heterocycles. The maximum absolute atomic E-state index is 10.6. The first-order valence-electron chi connectivity index (χ1n) is 12.5. The van der Waals surface area contributed by atoms with Crippen molar-refractivity contribution in [2.45, 2.75) is 69.6 Å². The number of rotatable bonds is 6. The molecule has 3 fully saturated rings. The van der Waals surface area contributed by atoms with Crippen LogP contribution in [0.4, 0.5) is 26.3 Å². The predicted molar refractivity (Wildman–Crippen MR) is 124 cm³/mol. The van der Waals surface area contributed by atoms with Gasteiger partial charge >= 0.3 is 24.3 Å². The van der Waals surface area contributed by atoms with Crippen molar-refractivity contribution in [3.63, 3.8) is 0 Å². The van der Waals surface area contributed by atoms with Gasteiger partial charge in [-0.15, -0.1) is 0 Å². The fourth-order valence-corrected chi connectivity index (χ4v) is 4.52. The predicted octanol–water partition coefficient (Wildman–Crippen LogP) is 4.09. The monoisotopic (exact) mass is 576 g/mol. The van der Waals surface area contributed by atoms with Crippen molar-refractivity contribution in [3.05, 3.63) is 23.7 Å². The Morgan fingerprint density at radius 3 is 1.97 bits per heavy atom. The molecule has 2 N–H and O–H groups in total. The van der Waals surface area contributed by atoms with E-state index in [1.54, 1.807) is 0 Å². The third kappa shape index (κ3) is 11.7. The summed E-state index contributed by atoms with van der Waals surface area (Å²) in [7, 11) is 0. The van der Waals surface area contributed by atoms with E-state index in [-0.39, 0.29) is 5.60 Å². The number of furan rings is 1. The number of aliphatic carboxylic acids is 2. The first-order valence-corrected chi connectivity index (χ1v) is 12.5. The van der Waals surface area contributed by atoms with Crippen LogP contribution >= 0.6 is 0 Å². The topological polar surface area (TPSA) is 113 Å². The van der Waals surface area contributed by atoms with Gasteiger partial charge in [-0.25, -0.2) is 9.59 Å². The third-order valence-electron chi connectivity index (χ3n) is 6.56. The largest absolute Gasteiger partial charge is 0.490 e. The summed E-state index contributed by atoms with van der Waals surface area (Å²) >= 11 is 0. The highest BCUT2D eigenvalue weighted by atomic mass is 19.4. The smallest absolute Gasteiger partial charge is 0.475 e. The van der Waals surface area contributed by atoms with Crippen LogP contribution in [0.15, 0.2) is 16.5 Å². The first-order chi connectivity index (χ1) is 18.1. The lowest BCUT2D eigenvalue weighted by Gasteiger charge is -2.38. The molecule has 1 atom stereocenters. The maximum Gasteiger partial charge on any atom is 0.490 e. The van der Waals surface area contributed by atoms with Crippen LogP contribution in [0.25, 0.3) is 0 Å². The highest BCUT2D eigenvalue weighted by Crippen LogP contribution is 2.37. The van der Waals surface area contributed by atoms with Gasteiger partial charge in [0.25, 0.3) is 0 Å². The summed E-state index contributed by atoms with van der Waals surface area (Å²) in [6.45, 7) is 10.3. The number of carboxylic acid groups (broad SMARTS) is 2. The molecule has 3 aliphatic heterocycles. The van der Waals surface area contributed by atoms with Gasteiger partial charge in [0.2, 0.25) is 0 Å². The Hall–Kier alpha value is -2.36. The number of hydrogen-bond acceptors (Lipinski definition) is 7. The fourth-order valence-electron chi connectivity index (χ4n) is 4.52. The molecule has 224 valence electrons. The van der Waals surface area contributed by atoms with Crippen molar-refractivity contribution in [2.75, 3.05) is 45.9 Å². The number of halogens is 6. The van der Waals surface area contributed by atoms with Gasteiger partial charge in [0, 0.05) is 26.1 Å². The molecule has 9 nitrogen and oxygen atoms in total. The van der Waals surface area contributed by atoms with Gasteiger partial charge in [0.1, 0.15) is 11.5 Å². The number of hydrogen-bond donors (Lipinski definition) is 2. The van der Waals surface area contributed by atoms with Gasteiger partial charge in [-0.05, 0) is 57.8 Å². The highest BCUT2D eigenvalue weighted by molar-refractivity contribution is 5.73. The van der Waals surface area contributed by atoms with Crippen molar-refractivity contribution >= 4 is 11.9 Å². The zero-order chi connectivity index (χ0) is 29.3. The minimum atomic E-state index is -5.08. The first kappa shape index (κ1) is 32.8. The summed E-state index contributed by atoms with van der Waals surface area (Å²) in [4.78, 5) is 22.8. The molecule has 39 heavy (non-hydrogen) atoms. The van der Waals surface area contributed by atoms with Gasteiger partial charge in [0.15, 0.2) is 0 Å². The lowest BCUT2D eigenvalue weighted by molar-refractivity contribution is -0.193. The summed E-state index contributed by atoms with van der Waals surface area (Å²) in [5, 5.41) is 14.2. The van der Waals surface area contributed by atoms with E-state index in [9.17, 15) is 26.3 Å². The minimum absolute atomic E-state index is 0.0634. The SMILES string of the molecule is Cc1ccc(CN2CCC3(CC2)CC(OCCN2CCCC2)CO3)o1.O=C(O)C(F)(F)F.O=C(O)C(F)(F)F. The third-order valence-corrected chi connectivity index (χ3v) is 6.56. The van der Waals surface area contributed by atoms with Gasteiger partial charge in [-0.2, -0.15) is 26.3 Å². The molecule has 0 aliphatic carbocycles. The van der Waals surface area contributed by atoms with Crippen molar-refractivity contribution < 1.29 is 60.0 Å². The van der Waals surface area contributed by atoms with Crippen LogP contribution in [0.1, 0.15) is 43.6 Å². The Bertz CT molecular complexity index is 884. The van der Waals surface area contributed by atoms with E-state index in [0.717, 1.165) is 70.2 Å². The molecule has 1 aromatic rings. The number of carbonyl (C=O) groups is 2. The number of likely N-dealkylation sites (tertiary alicyclic amines) is 2. The van der Waals surface area contributed by atoms with Crippen molar-refractivity contribution in [1.82, 2.24) is 9.80 Å². The van der Waals surface area contributed by atoms with Crippen LogP contribution in [-0.2, 0) is 25.6 Å². The van der Waals surface area contributed by atoms with Crippen molar-refractivity contribution in [1.29, 1.82) is 0 Å². The van der Waals surface area contributed by atoms with Crippen molar-refractivity contribution in [2.24, 2.45) is 0 Å². The second-order valence-corrected chi connectivity index (χ2v) is 9.63. The molecule has 0 radical (unpaired) electrons. The summed E-state index contributed by atoms with van der Waals surface area (Å²) < 4.78 is 81.5. The zero-order valence-electron chi connectivity index (χ0n) is 21.5. The Balaban J connectivity index is 0.000000317. The number of piperidine rings is 1. The van der Waals surface area contributed by atoms with E-state index >= 15 is 0 Å². The number of nitrogens with zero attached hydrogens (tertiary/aromatic N) is 2. The molecule has 1 spiro atoms. The highest BCUT2D eigenvalue weighted by Gasteiger charge is 2.43. The number of aryl methyl sites for hydroxylation is 1. The maximum atomic E-state index is 10.6. The van der Waals surface area contributed by atoms with Crippen LogP contribution in [0, 0.1) is 6.92 Å². The van der Waals surface area contributed by atoms with E-state index in [0.29, 0.717) is 6.10 Å². The average molecular weight is 577 g/mol. The van der Waals surface area contributed by atoms with Crippen LogP contribution in [0.5, 0.6) is 0 Å². The molecule has 0 bridgehead atoms. The van der Waals surface area contributed by atoms with E-state index < -0.39 is 24.3 Å². The van der Waals surface area contributed by atoms with Gasteiger partial charge in [-0.1, -0.05) is 0 Å². The zero-order valence-corrected chi connectivity index (χ0v) is 21.5. The van der Waals surface area contributed by atoms with Crippen LogP contribution < -0.4 is 0 Å². The molecule has 3 aliphatic rings. The molecule has 0 saturated carbocycles. The fraction of sp³-hybridized carbons (Fsp3) is 0.750. The van der Waals surface area contributed by atoms with Gasteiger partial charge in [0.05, 0.1) is 31.5 Å². The Morgan fingerprint density at radius 2 is 1.51 bits per heavy atom. The molecule has 4 rings (SSSR count). The molecular formula is C24H34F6N2O7. The van der Waals surface area contributed by atoms with Gasteiger partial charge < -0.3 is 29.0 Å². The summed E-state index contributed by atoms with van der Waals surface area (Å²) in [6.07, 6.45) is -3.88. The second-order valence-electron chi connectivity index (χ2n) is 9.63. The Labute approximate surface area is 221 Å². The normalized spacial score (nSPS) is 21.7. The number of alkyl halides is 6. The lowest BCUT2D eigenvalue weighted by atomic mass is 9.88. The molecule has 1 aromatic heterocycles. The number of carboxylic acids is 2. The molecule has 4 heterocycles. The van der Waals surface area contributed by atoms with E-state index in [1.165, 1.54) is 25.9 Å². The summed E-state index contributed by atoms with van der Waals surface area (Å²) in [5.41, 5.74) is 0.0634. The quantitative estimate of drug-likeness (QED) is 0.484. The molecule has 1 unspecified atom stereocenters. The lowest BCUT2D eigenvalue weighted by Crippen LogP contribution is -2.43. The van der Waals surface area contributed by atoms with Gasteiger partial charge in [-0.3, -0.25) is 4.90 Å². The summed E-state index contributed by atoms with van der Waals surface area (Å²) in [6, 6.07) is 4.14. The average Bonchev–Trinajstić information content (AvgIpc) is 3.58. The standard InChI is InChI=1S/C20H32N2O3.2C2HF3O2/c1-17-4-5-18(25-17)15-22-10-6-20(7-11-22)14-19(16-24-20)23-13-12-21-8-2-3-9-21;2*3-2(4,5)1(6)7/h4-5,19H,2-3,6-16H2,1H3;2*(H,6,7). The Kier molecular flexibility index (Phi) is 12.1. The molecule has 15 heteroatoms. The second kappa shape index (κ2) is 14.3. The van der Waals surface area contributed by atoms with E-state index in [1.807, 2.05) is 13.0 Å². The molecular weight excluding hydrogens is 542 g/mol.